The fourth-order valence-corrected chi connectivity index (χ4v) is 4.90. The lowest BCUT2D eigenvalue weighted by Gasteiger charge is -2.28. The van der Waals surface area contributed by atoms with Crippen LogP contribution in [0, 0.1) is 29.6 Å². The largest absolute Gasteiger partial charge is 0.0730 e. The minimum Gasteiger partial charge on any atom is -0.0730 e. The molecule has 0 aliphatic heterocycles. The second-order valence-electron chi connectivity index (χ2n) is 9.13. The van der Waals surface area contributed by atoms with Gasteiger partial charge in [0, 0.05) is 5.56 Å². The maximum atomic E-state index is 3.32. The normalized spacial score (nSPS) is 28.7. The summed E-state index contributed by atoms with van der Waals surface area (Å²) in [5.41, 5.74) is 2.68. The molecule has 2 aliphatic carbocycles. The summed E-state index contributed by atoms with van der Waals surface area (Å²) in [6, 6.07) is 9.10. The third-order valence-electron chi connectivity index (χ3n) is 6.92. The van der Waals surface area contributed by atoms with Crippen LogP contribution in [0.2, 0.25) is 0 Å². The summed E-state index contributed by atoms with van der Waals surface area (Å²) in [5.74, 6) is 10.0. The minimum absolute atomic E-state index is 0.755. The third-order valence-corrected chi connectivity index (χ3v) is 6.92. The van der Waals surface area contributed by atoms with Gasteiger partial charge in [-0.05, 0) is 86.0 Å². The molecule has 1 aromatic carbocycles. The van der Waals surface area contributed by atoms with E-state index >= 15 is 0 Å². The zero-order valence-electron chi connectivity index (χ0n) is 17.6. The van der Waals surface area contributed by atoms with E-state index in [0.29, 0.717) is 0 Å². The van der Waals surface area contributed by atoms with Gasteiger partial charge in [-0.25, -0.2) is 0 Å². The molecule has 2 fully saturated rings. The van der Waals surface area contributed by atoms with Gasteiger partial charge in [-0.2, -0.15) is 0 Å². The highest BCUT2D eigenvalue weighted by Crippen LogP contribution is 2.37. The number of rotatable bonds is 5. The van der Waals surface area contributed by atoms with Gasteiger partial charge in [0.1, 0.15) is 0 Å². The summed E-state index contributed by atoms with van der Waals surface area (Å²) in [5, 5.41) is 0. The molecule has 0 amide bonds. The summed E-state index contributed by atoms with van der Waals surface area (Å²) in [6.45, 7) is 4.68. The van der Waals surface area contributed by atoms with E-state index in [0.717, 1.165) is 29.2 Å². The van der Waals surface area contributed by atoms with Crippen LogP contribution in [0.15, 0.2) is 36.4 Å². The Labute approximate surface area is 167 Å². The van der Waals surface area contributed by atoms with Crippen LogP contribution in [0.1, 0.15) is 102 Å². The Kier molecular flexibility index (Phi) is 8.07. The van der Waals surface area contributed by atoms with Crippen molar-refractivity contribution in [2.75, 3.05) is 0 Å². The van der Waals surface area contributed by atoms with Gasteiger partial charge in [-0.1, -0.05) is 76.0 Å². The van der Waals surface area contributed by atoms with Gasteiger partial charge in [-0.15, -0.1) is 0 Å². The summed E-state index contributed by atoms with van der Waals surface area (Å²) in [7, 11) is 0. The first-order valence-electron chi connectivity index (χ1n) is 11.5. The maximum absolute atomic E-state index is 3.32. The van der Waals surface area contributed by atoms with Crippen molar-refractivity contribution in [3.05, 3.63) is 47.5 Å². The van der Waals surface area contributed by atoms with Gasteiger partial charge < -0.3 is 0 Å². The first-order chi connectivity index (χ1) is 13.2. The Balaban J connectivity index is 1.45. The van der Waals surface area contributed by atoms with E-state index in [-0.39, 0.29) is 0 Å². The molecule has 3 rings (SSSR count). The Morgan fingerprint density at radius 2 is 1.63 bits per heavy atom. The second kappa shape index (κ2) is 10.8. The fourth-order valence-electron chi connectivity index (χ4n) is 4.90. The molecule has 0 radical (unpaired) electrons. The average Bonchev–Trinajstić information content (AvgIpc) is 2.72. The second-order valence-corrected chi connectivity index (χ2v) is 9.13. The molecular formula is C27H38. The first kappa shape index (κ1) is 20.3. The van der Waals surface area contributed by atoms with E-state index in [9.17, 15) is 0 Å². The zero-order chi connectivity index (χ0) is 18.9. The molecule has 0 heterocycles. The van der Waals surface area contributed by atoms with E-state index in [2.05, 4.69) is 62.1 Å². The molecule has 0 unspecified atom stereocenters. The summed E-state index contributed by atoms with van der Waals surface area (Å²) < 4.78 is 0. The van der Waals surface area contributed by atoms with Crippen molar-refractivity contribution in [1.29, 1.82) is 0 Å². The van der Waals surface area contributed by atoms with E-state index in [4.69, 9.17) is 0 Å². The summed E-state index contributed by atoms with van der Waals surface area (Å²) in [4.78, 5) is 0. The SMILES string of the molecule is CCCCC1CCC(c2ccc(C#C/C=C/C3CCC(C)CC3)cc2)CC1. The summed E-state index contributed by atoms with van der Waals surface area (Å²) in [6.07, 6.45) is 19.7. The van der Waals surface area contributed by atoms with Crippen LogP contribution >= 0.6 is 0 Å². The van der Waals surface area contributed by atoms with Crippen molar-refractivity contribution in [3.63, 3.8) is 0 Å². The lowest BCUT2D eigenvalue weighted by atomic mass is 9.77. The molecule has 0 bridgehead atoms. The van der Waals surface area contributed by atoms with Crippen LogP contribution in [0.4, 0.5) is 0 Å². The highest BCUT2D eigenvalue weighted by atomic mass is 14.3. The standard InChI is InChI=1S/C27H38/c1-3-4-7-23-14-18-26(19-15-23)27-20-16-25(17-21-27)9-6-5-8-24-12-10-22(2)11-13-24/h5,8,16-17,20-24,26H,3-4,7,10-15,18-19H2,1-2H3/b8-5+. The number of allylic oxidation sites excluding steroid dienone is 2. The van der Waals surface area contributed by atoms with E-state index in [1.54, 1.807) is 0 Å². The highest BCUT2D eigenvalue weighted by Gasteiger charge is 2.21. The monoisotopic (exact) mass is 362 g/mol. The summed E-state index contributed by atoms with van der Waals surface area (Å²) >= 11 is 0. The van der Waals surface area contributed by atoms with Gasteiger partial charge >= 0.3 is 0 Å². The molecule has 27 heavy (non-hydrogen) atoms. The topological polar surface area (TPSA) is 0 Å². The Morgan fingerprint density at radius 3 is 2.30 bits per heavy atom. The van der Waals surface area contributed by atoms with Crippen molar-refractivity contribution in [2.45, 2.75) is 90.4 Å². The molecule has 2 aliphatic rings. The Bertz CT molecular complexity index is 623. The molecule has 0 heteroatoms. The Hall–Kier alpha value is -1.48. The molecule has 0 atom stereocenters. The minimum atomic E-state index is 0.755. The number of hydrogen-bond donors (Lipinski definition) is 0. The lowest BCUT2D eigenvalue weighted by molar-refractivity contribution is 0.304. The fraction of sp³-hybridized carbons (Fsp3) is 0.630. The van der Waals surface area contributed by atoms with Gasteiger partial charge in [0.05, 0.1) is 0 Å². The van der Waals surface area contributed by atoms with Crippen molar-refractivity contribution in [2.24, 2.45) is 17.8 Å². The zero-order valence-corrected chi connectivity index (χ0v) is 17.6. The molecule has 2 saturated carbocycles. The molecule has 0 saturated heterocycles. The Morgan fingerprint density at radius 1 is 0.926 bits per heavy atom. The van der Waals surface area contributed by atoms with Crippen molar-refractivity contribution < 1.29 is 0 Å². The van der Waals surface area contributed by atoms with Crippen LogP contribution < -0.4 is 0 Å². The number of benzene rings is 1. The maximum Gasteiger partial charge on any atom is 0.0249 e. The van der Waals surface area contributed by atoms with Gasteiger partial charge in [0.15, 0.2) is 0 Å². The van der Waals surface area contributed by atoms with Gasteiger partial charge in [-0.3, -0.25) is 0 Å². The predicted molar refractivity (Wildman–Crippen MR) is 118 cm³/mol. The van der Waals surface area contributed by atoms with Gasteiger partial charge in [0.2, 0.25) is 0 Å². The first-order valence-corrected chi connectivity index (χ1v) is 11.5. The van der Waals surface area contributed by atoms with Crippen LogP contribution in [0.25, 0.3) is 0 Å². The van der Waals surface area contributed by atoms with E-state index in [1.807, 2.05) is 0 Å². The number of hydrogen-bond acceptors (Lipinski definition) is 0. The quantitative estimate of drug-likeness (QED) is 0.467. The van der Waals surface area contributed by atoms with Crippen LogP contribution in [-0.2, 0) is 0 Å². The molecule has 1 aromatic rings. The molecule has 0 nitrogen and oxygen atoms in total. The molecule has 0 N–H and O–H groups in total. The van der Waals surface area contributed by atoms with Crippen LogP contribution in [-0.4, -0.2) is 0 Å². The van der Waals surface area contributed by atoms with E-state index < -0.39 is 0 Å². The molecule has 146 valence electrons. The van der Waals surface area contributed by atoms with Crippen molar-refractivity contribution in [3.8, 4) is 11.8 Å². The van der Waals surface area contributed by atoms with Gasteiger partial charge in [0.25, 0.3) is 0 Å². The van der Waals surface area contributed by atoms with Crippen LogP contribution in [0.5, 0.6) is 0 Å². The van der Waals surface area contributed by atoms with E-state index in [1.165, 1.54) is 76.2 Å². The van der Waals surface area contributed by atoms with Crippen molar-refractivity contribution in [1.82, 2.24) is 0 Å². The van der Waals surface area contributed by atoms with Crippen molar-refractivity contribution >= 4 is 0 Å². The number of unbranched alkanes of at least 4 members (excludes halogenated alkanes) is 1. The molecule has 0 spiro atoms. The highest BCUT2D eigenvalue weighted by molar-refractivity contribution is 5.39. The lowest BCUT2D eigenvalue weighted by Crippen LogP contribution is -2.13. The average molecular weight is 363 g/mol. The smallest absolute Gasteiger partial charge is 0.0249 e. The molecular weight excluding hydrogens is 324 g/mol. The molecule has 0 aromatic heterocycles. The third kappa shape index (κ3) is 6.57. The predicted octanol–water partition coefficient (Wildman–Crippen LogP) is 7.88. The van der Waals surface area contributed by atoms with Crippen LogP contribution in [0.3, 0.4) is 0 Å².